The van der Waals surface area contributed by atoms with Gasteiger partial charge >= 0.3 is 0 Å². The lowest BCUT2D eigenvalue weighted by Crippen LogP contribution is -2.44. The molecular formula is C17H25NO5. The number of imide groups is 1. The molecule has 1 saturated heterocycles. The Hall–Kier alpha value is -1.24. The van der Waals surface area contributed by atoms with Gasteiger partial charge in [0.05, 0.1) is 18.2 Å². The predicted molar refractivity (Wildman–Crippen MR) is 82.1 cm³/mol. The molecule has 3 N–H and O–H groups in total. The molecule has 4 atom stereocenters. The zero-order chi connectivity index (χ0) is 16.6. The second kappa shape index (κ2) is 6.71. The van der Waals surface area contributed by atoms with E-state index in [2.05, 4.69) is 6.08 Å². The second-order valence-electron chi connectivity index (χ2n) is 7.15. The van der Waals surface area contributed by atoms with Gasteiger partial charge in [-0.1, -0.05) is 12.2 Å². The maximum atomic E-state index is 11.8. The van der Waals surface area contributed by atoms with E-state index in [1.807, 2.05) is 6.08 Å². The number of nitrogens with zero attached hydrogens (tertiary/aromatic N) is 1. The lowest BCUT2D eigenvalue weighted by Gasteiger charge is -2.36. The molecule has 1 aliphatic heterocycles. The summed E-state index contributed by atoms with van der Waals surface area (Å²) in [6.45, 7) is 0. The number of likely N-dealkylation sites (tertiary alicyclic amines) is 1. The van der Waals surface area contributed by atoms with Crippen LogP contribution in [0, 0.1) is 11.8 Å². The highest BCUT2D eigenvalue weighted by atomic mass is 16.4. The van der Waals surface area contributed by atoms with Crippen molar-refractivity contribution in [3.05, 3.63) is 12.2 Å². The Morgan fingerprint density at radius 3 is 2.09 bits per heavy atom. The van der Waals surface area contributed by atoms with Crippen molar-refractivity contribution in [3.8, 4) is 0 Å². The van der Waals surface area contributed by atoms with Crippen molar-refractivity contribution in [2.24, 2.45) is 11.8 Å². The molecule has 2 aliphatic carbocycles. The molecule has 23 heavy (non-hydrogen) atoms. The van der Waals surface area contributed by atoms with Gasteiger partial charge < -0.3 is 15.3 Å². The third-order valence-electron chi connectivity index (χ3n) is 5.43. The smallest absolute Gasteiger partial charge is 0.230 e. The Kier molecular flexibility index (Phi) is 4.85. The zero-order valence-electron chi connectivity index (χ0n) is 13.2. The molecule has 4 unspecified atom stereocenters. The van der Waals surface area contributed by atoms with Gasteiger partial charge in [-0.2, -0.15) is 0 Å². The van der Waals surface area contributed by atoms with Crippen LogP contribution in [0.2, 0.25) is 0 Å². The number of carbonyl (C=O) groups excluding carboxylic acids is 2. The first kappa shape index (κ1) is 16.6. The highest BCUT2D eigenvalue weighted by molar-refractivity contribution is 6.02. The van der Waals surface area contributed by atoms with Crippen LogP contribution in [0.15, 0.2) is 12.2 Å². The van der Waals surface area contributed by atoms with Crippen LogP contribution >= 0.6 is 0 Å². The summed E-state index contributed by atoms with van der Waals surface area (Å²) in [7, 11) is 0. The van der Waals surface area contributed by atoms with Crippen molar-refractivity contribution < 1.29 is 24.9 Å². The van der Waals surface area contributed by atoms with Crippen LogP contribution < -0.4 is 0 Å². The monoisotopic (exact) mass is 323 g/mol. The minimum absolute atomic E-state index is 0.0735. The number of aliphatic hydroxyl groups excluding tert-OH is 3. The molecule has 1 saturated carbocycles. The molecule has 0 aromatic carbocycles. The average Bonchev–Trinajstić information content (AvgIpc) is 2.85. The van der Waals surface area contributed by atoms with E-state index in [0.717, 1.165) is 19.3 Å². The van der Waals surface area contributed by atoms with Crippen molar-refractivity contribution in [3.63, 3.8) is 0 Å². The van der Waals surface area contributed by atoms with E-state index in [1.165, 1.54) is 4.90 Å². The normalized spacial score (nSPS) is 41.6. The summed E-state index contributed by atoms with van der Waals surface area (Å²) in [4.78, 5) is 25.0. The number of rotatable bonds is 3. The number of hydrogen-bond donors (Lipinski definition) is 3. The fraction of sp³-hybridized carbons (Fsp3) is 0.765. The van der Waals surface area contributed by atoms with Crippen molar-refractivity contribution in [1.29, 1.82) is 0 Å². The summed E-state index contributed by atoms with van der Waals surface area (Å²) < 4.78 is 0. The van der Waals surface area contributed by atoms with E-state index in [4.69, 9.17) is 0 Å². The van der Waals surface area contributed by atoms with E-state index in [0.29, 0.717) is 31.6 Å². The van der Waals surface area contributed by atoms with E-state index in [-0.39, 0.29) is 23.8 Å². The molecule has 0 bridgehead atoms. The molecule has 0 radical (unpaired) electrons. The van der Waals surface area contributed by atoms with Crippen LogP contribution in [0.4, 0.5) is 0 Å². The highest BCUT2D eigenvalue weighted by Crippen LogP contribution is 2.34. The number of carbonyl (C=O) groups is 2. The van der Waals surface area contributed by atoms with Crippen molar-refractivity contribution in [2.75, 3.05) is 0 Å². The van der Waals surface area contributed by atoms with Gasteiger partial charge in [-0.25, -0.2) is 0 Å². The van der Waals surface area contributed by atoms with Gasteiger partial charge in [0.1, 0.15) is 6.10 Å². The minimum atomic E-state index is -1.04. The first-order chi connectivity index (χ1) is 11.0. The summed E-state index contributed by atoms with van der Waals surface area (Å²) in [5, 5.41) is 29.2. The SMILES string of the molecule is O=C1CCC(=O)N1C1C=CC(CC2CC(O)C(O)C(O)C2)CC1. The minimum Gasteiger partial charge on any atom is -0.390 e. The van der Waals surface area contributed by atoms with Crippen LogP contribution in [0.25, 0.3) is 0 Å². The first-order valence-electron chi connectivity index (χ1n) is 8.53. The molecule has 0 aromatic heterocycles. The second-order valence-corrected chi connectivity index (χ2v) is 7.15. The summed E-state index contributed by atoms with van der Waals surface area (Å²) >= 11 is 0. The fourth-order valence-corrected chi connectivity index (χ4v) is 4.17. The summed E-state index contributed by atoms with van der Waals surface area (Å²) in [5.74, 6) is 0.370. The predicted octanol–water partition coefficient (Wildman–Crippen LogP) is 0.353. The largest absolute Gasteiger partial charge is 0.390 e. The van der Waals surface area contributed by atoms with Crippen LogP contribution in [-0.2, 0) is 9.59 Å². The van der Waals surface area contributed by atoms with E-state index < -0.39 is 18.3 Å². The van der Waals surface area contributed by atoms with Gasteiger partial charge in [0, 0.05) is 12.8 Å². The first-order valence-corrected chi connectivity index (χ1v) is 8.53. The molecular weight excluding hydrogens is 298 g/mol. The molecule has 3 aliphatic rings. The lowest BCUT2D eigenvalue weighted by atomic mass is 9.76. The van der Waals surface area contributed by atoms with Gasteiger partial charge in [-0.15, -0.1) is 0 Å². The summed E-state index contributed by atoms with van der Waals surface area (Å²) in [6, 6.07) is -0.113. The standard InChI is InChI=1S/C17H25NO5/c19-13-8-11(9-14(20)17(13)23)7-10-1-3-12(4-2-10)18-15(21)5-6-16(18)22/h1,3,10-14,17,19-20,23H,2,4-9H2. The maximum Gasteiger partial charge on any atom is 0.230 e. The van der Waals surface area contributed by atoms with Gasteiger partial charge in [0.2, 0.25) is 11.8 Å². The van der Waals surface area contributed by atoms with E-state index >= 15 is 0 Å². The molecule has 3 rings (SSSR count). The van der Waals surface area contributed by atoms with Crippen LogP contribution in [0.1, 0.15) is 44.9 Å². The van der Waals surface area contributed by atoms with Gasteiger partial charge in [-0.05, 0) is 43.9 Å². The summed E-state index contributed by atoms with van der Waals surface area (Å²) in [5.41, 5.74) is 0. The lowest BCUT2D eigenvalue weighted by molar-refractivity contribution is -0.140. The number of allylic oxidation sites excluding steroid dienone is 1. The Morgan fingerprint density at radius 2 is 1.57 bits per heavy atom. The Labute approximate surface area is 135 Å². The third kappa shape index (κ3) is 3.49. The summed E-state index contributed by atoms with van der Waals surface area (Å²) in [6.07, 6.45) is 5.46. The Bertz CT molecular complexity index is 477. The highest BCUT2D eigenvalue weighted by Gasteiger charge is 2.37. The van der Waals surface area contributed by atoms with Crippen molar-refractivity contribution in [1.82, 2.24) is 4.90 Å². The number of amides is 2. The Morgan fingerprint density at radius 1 is 0.957 bits per heavy atom. The molecule has 2 amide bonds. The van der Waals surface area contributed by atoms with Crippen LogP contribution in [0.5, 0.6) is 0 Å². The van der Waals surface area contributed by atoms with Gasteiger partial charge in [0.15, 0.2) is 0 Å². The maximum absolute atomic E-state index is 11.8. The molecule has 0 aromatic rings. The molecule has 1 heterocycles. The topological polar surface area (TPSA) is 98.1 Å². The fourth-order valence-electron chi connectivity index (χ4n) is 4.17. The van der Waals surface area contributed by atoms with Crippen molar-refractivity contribution in [2.45, 2.75) is 69.3 Å². The molecule has 6 heteroatoms. The molecule has 0 spiro atoms. The number of aliphatic hydroxyl groups is 3. The third-order valence-corrected chi connectivity index (χ3v) is 5.43. The van der Waals surface area contributed by atoms with Crippen molar-refractivity contribution >= 4 is 11.8 Å². The zero-order valence-corrected chi connectivity index (χ0v) is 13.2. The Balaban J connectivity index is 1.55. The number of hydrogen-bond acceptors (Lipinski definition) is 5. The molecule has 128 valence electrons. The van der Waals surface area contributed by atoms with E-state index in [1.54, 1.807) is 0 Å². The quantitative estimate of drug-likeness (QED) is 0.514. The van der Waals surface area contributed by atoms with Crippen LogP contribution in [-0.4, -0.2) is 56.4 Å². The van der Waals surface area contributed by atoms with Crippen LogP contribution in [0.3, 0.4) is 0 Å². The molecule has 2 fully saturated rings. The van der Waals surface area contributed by atoms with Gasteiger partial charge in [-0.3, -0.25) is 14.5 Å². The average molecular weight is 323 g/mol. The van der Waals surface area contributed by atoms with E-state index in [9.17, 15) is 24.9 Å². The molecule has 6 nitrogen and oxygen atoms in total. The van der Waals surface area contributed by atoms with Gasteiger partial charge in [0.25, 0.3) is 0 Å².